The zero-order valence-electron chi connectivity index (χ0n) is 12.1. The number of fused-ring (bicyclic) bond motifs is 1. The van der Waals surface area contributed by atoms with E-state index in [9.17, 15) is 5.11 Å². The Morgan fingerprint density at radius 2 is 1.89 bits per heavy atom. The van der Waals surface area contributed by atoms with Crippen LogP contribution in [0.4, 0.5) is 5.82 Å². The molecule has 0 bridgehead atoms. The molecule has 0 aromatic carbocycles. The highest BCUT2D eigenvalue weighted by atomic mass is 16.3. The molecule has 1 aromatic rings. The molecule has 0 amide bonds. The molecule has 0 spiro atoms. The van der Waals surface area contributed by atoms with E-state index < -0.39 is 0 Å². The highest BCUT2D eigenvalue weighted by Gasteiger charge is 2.27. The van der Waals surface area contributed by atoms with Gasteiger partial charge in [0.2, 0.25) is 0 Å². The van der Waals surface area contributed by atoms with Crippen LogP contribution in [0.25, 0.3) is 0 Å². The second-order valence-electron chi connectivity index (χ2n) is 5.48. The van der Waals surface area contributed by atoms with Crippen LogP contribution in [0, 0.1) is 0 Å². The van der Waals surface area contributed by atoms with Gasteiger partial charge < -0.3 is 10.4 Å². The highest BCUT2D eigenvalue weighted by Crippen LogP contribution is 2.28. The molecular weight excluding hydrogens is 238 g/mol. The van der Waals surface area contributed by atoms with Crippen molar-refractivity contribution in [2.45, 2.75) is 64.3 Å². The lowest BCUT2D eigenvalue weighted by atomic mass is 9.93. The average molecular weight is 263 g/mol. The van der Waals surface area contributed by atoms with Crippen molar-refractivity contribution in [2.24, 2.45) is 0 Å². The summed E-state index contributed by atoms with van der Waals surface area (Å²) in [4.78, 5) is 8.86. The van der Waals surface area contributed by atoms with Crippen LogP contribution in [-0.4, -0.2) is 27.2 Å². The van der Waals surface area contributed by atoms with Crippen molar-refractivity contribution < 1.29 is 5.11 Å². The van der Waals surface area contributed by atoms with Crippen LogP contribution >= 0.6 is 0 Å². The number of aliphatic hydroxyl groups excluding tert-OH is 1. The van der Waals surface area contributed by atoms with E-state index in [2.05, 4.69) is 29.1 Å². The van der Waals surface area contributed by atoms with Crippen molar-refractivity contribution in [3.05, 3.63) is 17.6 Å². The summed E-state index contributed by atoms with van der Waals surface area (Å²) in [5.41, 5.74) is 2.20. The third-order valence-electron chi connectivity index (χ3n) is 4.41. The summed E-state index contributed by atoms with van der Waals surface area (Å²) < 4.78 is 0. The molecule has 4 heteroatoms. The molecule has 0 saturated carbocycles. The molecule has 0 aliphatic heterocycles. The maximum absolute atomic E-state index is 9.69. The fraction of sp³-hybridized carbons (Fsp3) is 0.733. The lowest BCUT2D eigenvalue weighted by molar-refractivity contribution is 0.202. The van der Waals surface area contributed by atoms with Gasteiger partial charge in [-0.25, -0.2) is 9.97 Å². The van der Waals surface area contributed by atoms with Crippen molar-refractivity contribution in [2.75, 3.05) is 11.9 Å². The van der Waals surface area contributed by atoms with Crippen LogP contribution in [0.5, 0.6) is 0 Å². The maximum Gasteiger partial charge on any atom is 0.133 e. The standard InChI is InChI=1S/C15H25N3O/c1-3-15(4-2,10-19)18-14-12-8-6-5-7-9-13(12)16-11-17-14/h11,19H,3-10H2,1-2H3,(H,16,17,18). The van der Waals surface area contributed by atoms with Crippen LogP contribution in [0.1, 0.15) is 57.2 Å². The van der Waals surface area contributed by atoms with Gasteiger partial charge in [-0.3, -0.25) is 0 Å². The topological polar surface area (TPSA) is 58.0 Å². The van der Waals surface area contributed by atoms with E-state index >= 15 is 0 Å². The van der Waals surface area contributed by atoms with Gasteiger partial charge >= 0.3 is 0 Å². The van der Waals surface area contributed by atoms with Gasteiger partial charge in [-0.05, 0) is 38.5 Å². The number of rotatable bonds is 5. The van der Waals surface area contributed by atoms with Gasteiger partial charge in [-0.15, -0.1) is 0 Å². The number of hydrogen-bond acceptors (Lipinski definition) is 4. The summed E-state index contributed by atoms with van der Waals surface area (Å²) in [6.45, 7) is 4.35. The molecular formula is C15H25N3O. The van der Waals surface area contributed by atoms with Gasteiger partial charge in [0.05, 0.1) is 12.1 Å². The summed E-state index contributed by atoms with van der Waals surface area (Å²) in [5, 5.41) is 13.2. The number of aromatic nitrogens is 2. The van der Waals surface area contributed by atoms with Crippen molar-refractivity contribution in [3.8, 4) is 0 Å². The molecule has 0 atom stereocenters. The van der Waals surface area contributed by atoms with E-state index in [1.165, 1.54) is 30.5 Å². The molecule has 0 saturated heterocycles. The number of aliphatic hydroxyl groups is 1. The Kier molecular flexibility index (Phi) is 4.75. The van der Waals surface area contributed by atoms with Crippen molar-refractivity contribution in [1.82, 2.24) is 9.97 Å². The number of hydrogen-bond donors (Lipinski definition) is 2. The Morgan fingerprint density at radius 3 is 2.58 bits per heavy atom. The molecule has 2 rings (SSSR count). The van der Waals surface area contributed by atoms with E-state index in [4.69, 9.17) is 0 Å². The highest BCUT2D eigenvalue weighted by molar-refractivity contribution is 5.48. The lowest BCUT2D eigenvalue weighted by Crippen LogP contribution is -2.41. The summed E-state index contributed by atoms with van der Waals surface area (Å²) >= 11 is 0. The Bertz CT molecular complexity index is 408. The Balaban J connectivity index is 2.30. The van der Waals surface area contributed by atoms with Gasteiger partial charge in [-0.2, -0.15) is 0 Å². The molecule has 0 radical (unpaired) electrons. The van der Waals surface area contributed by atoms with Gasteiger partial charge in [0, 0.05) is 11.3 Å². The molecule has 0 unspecified atom stereocenters. The van der Waals surface area contributed by atoms with E-state index in [0.717, 1.165) is 31.5 Å². The molecule has 4 nitrogen and oxygen atoms in total. The summed E-state index contributed by atoms with van der Waals surface area (Å²) in [5.74, 6) is 0.935. The first kappa shape index (κ1) is 14.3. The number of nitrogens with zero attached hydrogens (tertiary/aromatic N) is 2. The van der Waals surface area contributed by atoms with Crippen molar-refractivity contribution in [1.29, 1.82) is 0 Å². The minimum atomic E-state index is -0.256. The van der Waals surface area contributed by atoms with Gasteiger partial charge in [0.25, 0.3) is 0 Å². The first-order valence-corrected chi connectivity index (χ1v) is 7.46. The third-order valence-corrected chi connectivity index (χ3v) is 4.41. The molecule has 1 aliphatic carbocycles. The second kappa shape index (κ2) is 6.33. The average Bonchev–Trinajstić information content (AvgIpc) is 2.71. The first-order chi connectivity index (χ1) is 9.24. The molecule has 1 heterocycles. The molecule has 106 valence electrons. The van der Waals surface area contributed by atoms with Crippen LogP contribution in [0.3, 0.4) is 0 Å². The lowest BCUT2D eigenvalue weighted by Gasteiger charge is -2.32. The minimum Gasteiger partial charge on any atom is -0.394 e. The van der Waals surface area contributed by atoms with Crippen molar-refractivity contribution in [3.63, 3.8) is 0 Å². The van der Waals surface area contributed by atoms with Crippen molar-refractivity contribution >= 4 is 5.82 Å². The second-order valence-corrected chi connectivity index (χ2v) is 5.48. The first-order valence-electron chi connectivity index (χ1n) is 7.46. The number of aryl methyl sites for hydroxylation is 1. The summed E-state index contributed by atoms with van der Waals surface area (Å²) in [7, 11) is 0. The zero-order valence-corrected chi connectivity index (χ0v) is 12.1. The summed E-state index contributed by atoms with van der Waals surface area (Å²) in [6.07, 6.45) is 9.22. The predicted octanol–water partition coefficient (Wildman–Crippen LogP) is 2.71. The quantitative estimate of drug-likeness (QED) is 0.802. The van der Waals surface area contributed by atoms with Crippen LogP contribution in [0.15, 0.2) is 6.33 Å². The zero-order chi connectivity index (χ0) is 13.7. The van der Waals surface area contributed by atoms with Crippen LogP contribution in [-0.2, 0) is 12.8 Å². The monoisotopic (exact) mass is 263 g/mol. The molecule has 1 aliphatic rings. The Morgan fingerprint density at radius 1 is 1.16 bits per heavy atom. The van der Waals surface area contributed by atoms with Gasteiger partial charge in [0.1, 0.15) is 12.1 Å². The van der Waals surface area contributed by atoms with Crippen LogP contribution in [0.2, 0.25) is 0 Å². The normalized spacial score (nSPS) is 15.7. The smallest absolute Gasteiger partial charge is 0.133 e. The Hall–Kier alpha value is -1.16. The minimum absolute atomic E-state index is 0.138. The predicted molar refractivity (Wildman–Crippen MR) is 77.3 cm³/mol. The SMILES string of the molecule is CCC(CC)(CO)Nc1ncnc2c1CCCCC2. The number of anilines is 1. The maximum atomic E-state index is 9.69. The molecule has 19 heavy (non-hydrogen) atoms. The van der Waals surface area contributed by atoms with E-state index in [0.29, 0.717) is 0 Å². The van der Waals surface area contributed by atoms with E-state index in [1.54, 1.807) is 6.33 Å². The largest absolute Gasteiger partial charge is 0.394 e. The van der Waals surface area contributed by atoms with Gasteiger partial charge in [-0.1, -0.05) is 20.3 Å². The molecule has 1 aromatic heterocycles. The molecule has 0 fully saturated rings. The fourth-order valence-corrected chi connectivity index (χ4v) is 2.75. The van der Waals surface area contributed by atoms with E-state index in [-0.39, 0.29) is 12.1 Å². The Labute approximate surface area is 115 Å². The van der Waals surface area contributed by atoms with Crippen LogP contribution < -0.4 is 5.32 Å². The van der Waals surface area contributed by atoms with E-state index in [1.807, 2.05) is 0 Å². The fourth-order valence-electron chi connectivity index (χ4n) is 2.75. The summed E-state index contributed by atoms with van der Waals surface area (Å²) in [6, 6.07) is 0. The molecule has 2 N–H and O–H groups in total. The number of nitrogens with one attached hydrogen (secondary N) is 1. The third kappa shape index (κ3) is 3.06. The van der Waals surface area contributed by atoms with Gasteiger partial charge in [0.15, 0.2) is 0 Å².